The van der Waals surface area contributed by atoms with Crippen LogP contribution >= 0.6 is 22.7 Å². The highest BCUT2D eigenvalue weighted by Gasteiger charge is 2.18. The SMILES string of the molecule is Cc1cc(C2=C(c3cc(C)sc3C)CCC=C2)c(C)s1. The van der Waals surface area contributed by atoms with Crippen LogP contribution < -0.4 is 0 Å². The minimum atomic E-state index is 1.16. The molecule has 0 bridgehead atoms. The molecule has 0 saturated carbocycles. The van der Waals surface area contributed by atoms with Crippen LogP contribution in [0.15, 0.2) is 24.3 Å². The molecule has 104 valence electrons. The quantitative estimate of drug-likeness (QED) is 0.610. The zero-order valence-electron chi connectivity index (χ0n) is 12.5. The number of allylic oxidation sites excluding steroid dienone is 4. The summed E-state index contributed by atoms with van der Waals surface area (Å²) in [4.78, 5) is 5.71. The van der Waals surface area contributed by atoms with Gasteiger partial charge in [-0.25, -0.2) is 0 Å². The van der Waals surface area contributed by atoms with Gasteiger partial charge in [0.05, 0.1) is 0 Å². The van der Waals surface area contributed by atoms with Crippen molar-refractivity contribution in [3.63, 3.8) is 0 Å². The lowest BCUT2D eigenvalue weighted by Crippen LogP contribution is -1.95. The zero-order chi connectivity index (χ0) is 14.3. The fourth-order valence-corrected chi connectivity index (χ4v) is 4.92. The minimum Gasteiger partial charge on any atom is -0.145 e. The van der Waals surface area contributed by atoms with E-state index in [0.29, 0.717) is 0 Å². The highest BCUT2D eigenvalue weighted by atomic mass is 32.1. The van der Waals surface area contributed by atoms with Gasteiger partial charge in [0.2, 0.25) is 0 Å². The molecule has 0 aromatic carbocycles. The normalized spacial score (nSPS) is 15.2. The van der Waals surface area contributed by atoms with Gasteiger partial charge in [-0.1, -0.05) is 12.2 Å². The van der Waals surface area contributed by atoms with Crippen molar-refractivity contribution in [2.75, 3.05) is 0 Å². The Bertz CT molecular complexity index is 708. The van der Waals surface area contributed by atoms with Gasteiger partial charge in [-0.05, 0) is 74.9 Å². The van der Waals surface area contributed by atoms with Crippen LogP contribution in [-0.2, 0) is 0 Å². The molecule has 0 saturated heterocycles. The summed E-state index contributed by atoms with van der Waals surface area (Å²) in [7, 11) is 0. The summed E-state index contributed by atoms with van der Waals surface area (Å²) in [5.74, 6) is 0. The van der Waals surface area contributed by atoms with Crippen LogP contribution in [0.3, 0.4) is 0 Å². The number of thiophene rings is 2. The maximum Gasteiger partial charge on any atom is 0.00955 e. The molecule has 0 spiro atoms. The molecule has 1 aliphatic rings. The number of hydrogen-bond donors (Lipinski definition) is 0. The van der Waals surface area contributed by atoms with E-state index in [9.17, 15) is 0 Å². The summed E-state index contributed by atoms with van der Waals surface area (Å²) in [6, 6.07) is 4.71. The molecule has 0 atom stereocenters. The summed E-state index contributed by atoms with van der Waals surface area (Å²) < 4.78 is 0. The van der Waals surface area contributed by atoms with Crippen molar-refractivity contribution in [3.05, 3.63) is 54.9 Å². The molecule has 2 heteroatoms. The number of rotatable bonds is 2. The Morgan fingerprint density at radius 2 is 1.45 bits per heavy atom. The van der Waals surface area contributed by atoms with Crippen LogP contribution in [0.5, 0.6) is 0 Å². The van der Waals surface area contributed by atoms with Crippen LogP contribution in [0.1, 0.15) is 43.5 Å². The van der Waals surface area contributed by atoms with E-state index < -0.39 is 0 Å². The molecular weight excluding hydrogens is 280 g/mol. The molecule has 0 fully saturated rings. The lowest BCUT2D eigenvalue weighted by Gasteiger charge is -2.16. The third-order valence-corrected chi connectivity index (χ3v) is 5.80. The Labute approximate surface area is 129 Å². The predicted molar refractivity (Wildman–Crippen MR) is 92.8 cm³/mol. The molecule has 3 rings (SSSR count). The topological polar surface area (TPSA) is 0 Å². The van der Waals surface area contributed by atoms with Crippen LogP contribution in [0, 0.1) is 27.7 Å². The fraction of sp³-hybridized carbons (Fsp3) is 0.333. The second-order valence-corrected chi connectivity index (χ2v) is 8.41. The van der Waals surface area contributed by atoms with Gasteiger partial charge in [0.1, 0.15) is 0 Å². The van der Waals surface area contributed by atoms with Gasteiger partial charge in [0.15, 0.2) is 0 Å². The van der Waals surface area contributed by atoms with E-state index in [1.807, 2.05) is 22.7 Å². The van der Waals surface area contributed by atoms with Crippen molar-refractivity contribution in [2.24, 2.45) is 0 Å². The Morgan fingerprint density at radius 1 is 0.850 bits per heavy atom. The number of aryl methyl sites for hydroxylation is 4. The van der Waals surface area contributed by atoms with Gasteiger partial charge in [0, 0.05) is 19.5 Å². The summed E-state index contributed by atoms with van der Waals surface area (Å²) >= 11 is 3.82. The van der Waals surface area contributed by atoms with Crippen molar-refractivity contribution in [2.45, 2.75) is 40.5 Å². The average Bonchev–Trinajstić information content (AvgIpc) is 2.91. The van der Waals surface area contributed by atoms with Gasteiger partial charge in [-0.2, -0.15) is 0 Å². The van der Waals surface area contributed by atoms with E-state index >= 15 is 0 Å². The van der Waals surface area contributed by atoms with E-state index in [0.717, 1.165) is 12.8 Å². The Hall–Kier alpha value is -1.12. The van der Waals surface area contributed by atoms with Gasteiger partial charge < -0.3 is 0 Å². The molecule has 2 heterocycles. The summed E-state index contributed by atoms with van der Waals surface area (Å²) in [5, 5.41) is 0. The van der Waals surface area contributed by atoms with Crippen LogP contribution in [0.2, 0.25) is 0 Å². The molecular formula is C18H20S2. The first kappa shape index (κ1) is 13.8. The second-order valence-electron chi connectivity index (χ2n) is 5.49. The molecule has 0 unspecified atom stereocenters. The molecule has 0 radical (unpaired) electrons. The van der Waals surface area contributed by atoms with Crippen molar-refractivity contribution < 1.29 is 0 Å². The zero-order valence-corrected chi connectivity index (χ0v) is 14.2. The first-order valence-electron chi connectivity index (χ1n) is 7.11. The lowest BCUT2D eigenvalue weighted by atomic mass is 9.88. The molecule has 2 aromatic rings. The second kappa shape index (κ2) is 5.34. The van der Waals surface area contributed by atoms with E-state index in [-0.39, 0.29) is 0 Å². The van der Waals surface area contributed by atoms with Crippen molar-refractivity contribution >= 4 is 33.8 Å². The van der Waals surface area contributed by atoms with E-state index in [1.165, 1.54) is 41.8 Å². The average molecular weight is 300 g/mol. The molecule has 0 aliphatic heterocycles. The smallest absolute Gasteiger partial charge is 0.00955 e. The van der Waals surface area contributed by atoms with Gasteiger partial charge >= 0.3 is 0 Å². The summed E-state index contributed by atoms with van der Waals surface area (Å²) in [5.41, 5.74) is 5.88. The summed E-state index contributed by atoms with van der Waals surface area (Å²) in [6.45, 7) is 8.90. The largest absolute Gasteiger partial charge is 0.145 e. The maximum absolute atomic E-state index is 2.36. The Morgan fingerprint density at radius 3 is 2.00 bits per heavy atom. The van der Waals surface area contributed by atoms with Crippen molar-refractivity contribution in [3.8, 4) is 0 Å². The number of hydrogen-bond acceptors (Lipinski definition) is 2. The van der Waals surface area contributed by atoms with E-state index in [4.69, 9.17) is 0 Å². The molecule has 0 amide bonds. The van der Waals surface area contributed by atoms with Crippen LogP contribution in [0.4, 0.5) is 0 Å². The van der Waals surface area contributed by atoms with E-state index in [2.05, 4.69) is 52.0 Å². The third kappa shape index (κ3) is 2.43. The van der Waals surface area contributed by atoms with Crippen LogP contribution in [-0.4, -0.2) is 0 Å². The Kier molecular flexibility index (Phi) is 3.70. The van der Waals surface area contributed by atoms with E-state index in [1.54, 1.807) is 0 Å². The maximum atomic E-state index is 2.36. The molecule has 0 nitrogen and oxygen atoms in total. The lowest BCUT2D eigenvalue weighted by molar-refractivity contribution is 1.06. The fourth-order valence-electron chi connectivity index (χ4n) is 3.02. The van der Waals surface area contributed by atoms with Gasteiger partial charge in [-0.3, -0.25) is 0 Å². The van der Waals surface area contributed by atoms with Gasteiger partial charge in [-0.15, -0.1) is 22.7 Å². The standard InChI is InChI=1S/C18H20S2/c1-11-9-17(13(3)19-11)15-7-5-6-8-16(15)18-10-12(2)20-14(18)4/h5,7,9-10H,6,8H2,1-4H3. The first-order valence-corrected chi connectivity index (χ1v) is 8.74. The summed E-state index contributed by atoms with van der Waals surface area (Å²) in [6.07, 6.45) is 6.98. The van der Waals surface area contributed by atoms with Crippen LogP contribution in [0.25, 0.3) is 11.1 Å². The van der Waals surface area contributed by atoms with Gasteiger partial charge in [0.25, 0.3) is 0 Å². The highest BCUT2D eigenvalue weighted by Crippen LogP contribution is 2.40. The monoisotopic (exact) mass is 300 g/mol. The molecule has 20 heavy (non-hydrogen) atoms. The molecule has 1 aliphatic carbocycles. The van der Waals surface area contributed by atoms with Crippen molar-refractivity contribution in [1.29, 1.82) is 0 Å². The highest BCUT2D eigenvalue weighted by molar-refractivity contribution is 7.12. The predicted octanol–water partition coefficient (Wildman–Crippen LogP) is 6.30. The minimum absolute atomic E-state index is 1.16. The first-order chi connectivity index (χ1) is 9.56. The molecule has 2 aromatic heterocycles. The third-order valence-electron chi connectivity index (χ3n) is 3.87. The molecule has 0 N–H and O–H groups in total. The van der Waals surface area contributed by atoms with Crippen molar-refractivity contribution in [1.82, 2.24) is 0 Å². The Balaban J connectivity index is 2.20.